The molecule has 0 radical (unpaired) electrons. The molecule has 3 aromatic rings. The zero-order chi connectivity index (χ0) is 34.2. The standard InChI is InChI=1S/C34H50N4O6SSi/c1-10-11-16-31(39)37(33(24(2)3)34(40)35-6)22-27-17-19-28(20-18-27)29-14-12-13-15-30(29)45(41,42)38(32-21-25(4)36-44-32)23-43-26(5)46(7,8)9/h12-15,17-21,24,26,33H,10-11,16,22-23H2,1-9H3,(H,35,40). The van der Waals surface area contributed by atoms with Crippen molar-refractivity contribution in [1.29, 1.82) is 0 Å². The van der Waals surface area contributed by atoms with E-state index >= 15 is 0 Å². The van der Waals surface area contributed by atoms with E-state index < -0.39 is 24.1 Å². The number of anilines is 1. The number of unbranched alkanes of at least 4 members (excludes halogenated alkanes) is 1. The molecule has 0 spiro atoms. The highest BCUT2D eigenvalue weighted by Crippen LogP contribution is 2.33. The molecule has 2 unspecified atom stereocenters. The van der Waals surface area contributed by atoms with Crippen LogP contribution in [0.4, 0.5) is 5.88 Å². The first-order valence-electron chi connectivity index (χ1n) is 15.9. The molecule has 1 N–H and O–H groups in total. The predicted molar refractivity (Wildman–Crippen MR) is 184 cm³/mol. The van der Waals surface area contributed by atoms with Gasteiger partial charge >= 0.3 is 0 Å². The average molecular weight is 671 g/mol. The van der Waals surface area contributed by atoms with E-state index in [-0.39, 0.29) is 47.5 Å². The molecule has 0 fully saturated rings. The first kappa shape index (κ1) is 37.0. The number of aromatic nitrogens is 1. The summed E-state index contributed by atoms with van der Waals surface area (Å²) in [6.45, 7) is 16.1. The maximum atomic E-state index is 14.3. The number of benzene rings is 2. The molecule has 0 aliphatic carbocycles. The summed E-state index contributed by atoms with van der Waals surface area (Å²) in [7, 11) is -4.29. The quantitative estimate of drug-likeness (QED) is 0.139. The molecule has 3 rings (SSSR count). The first-order chi connectivity index (χ1) is 21.6. The third-order valence-corrected chi connectivity index (χ3v) is 12.5. The molecule has 1 aromatic heterocycles. The van der Waals surface area contributed by atoms with Gasteiger partial charge in [-0.05, 0) is 43.4 Å². The van der Waals surface area contributed by atoms with Crippen LogP contribution in [0.15, 0.2) is 64.0 Å². The number of ether oxygens (including phenoxy) is 1. The third-order valence-electron chi connectivity index (χ3n) is 8.14. The Bertz CT molecular complexity index is 1570. The number of hydrogen-bond donors (Lipinski definition) is 1. The Hall–Kier alpha value is -3.48. The summed E-state index contributed by atoms with van der Waals surface area (Å²) in [5, 5.41) is 6.63. The summed E-state index contributed by atoms with van der Waals surface area (Å²) in [6, 6.07) is 15.2. The lowest BCUT2D eigenvalue weighted by atomic mass is 9.99. The zero-order valence-electron chi connectivity index (χ0n) is 28.7. The van der Waals surface area contributed by atoms with Gasteiger partial charge in [0.2, 0.25) is 17.7 Å². The number of rotatable bonds is 16. The van der Waals surface area contributed by atoms with Gasteiger partial charge in [0.25, 0.3) is 10.0 Å². The zero-order valence-corrected chi connectivity index (χ0v) is 30.5. The van der Waals surface area contributed by atoms with Crippen molar-refractivity contribution in [3.05, 3.63) is 65.9 Å². The van der Waals surface area contributed by atoms with Crippen LogP contribution in [0.5, 0.6) is 0 Å². The monoisotopic (exact) mass is 670 g/mol. The Labute approximate surface area is 275 Å². The molecule has 252 valence electrons. The number of carbonyl (C=O) groups is 2. The molecule has 2 atom stereocenters. The van der Waals surface area contributed by atoms with Crippen molar-refractivity contribution >= 4 is 35.8 Å². The molecule has 0 aliphatic heterocycles. The largest absolute Gasteiger partial charge is 0.360 e. The highest BCUT2D eigenvalue weighted by atomic mass is 32.2. The number of nitrogens with zero attached hydrogens (tertiary/aromatic N) is 3. The van der Waals surface area contributed by atoms with Crippen LogP contribution in [0, 0.1) is 12.8 Å². The lowest BCUT2D eigenvalue weighted by Gasteiger charge is -2.33. The van der Waals surface area contributed by atoms with Crippen LogP contribution in [-0.2, 0) is 30.9 Å². The van der Waals surface area contributed by atoms with Crippen molar-refractivity contribution in [2.75, 3.05) is 18.1 Å². The first-order valence-corrected chi connectivity index (χ1v) is 20.9. The van der Waals surface area contributed by atoms with E-state index in [2.05, 4.69) is 30.1 Å². The highest BCUT2D eigenvalue weighted by molar-refractivity contribution is 7.93. The van der Waals surface area contributed by atoms with Crippen LogP contribution in [0.2, 0.25) is 19.6 Å². The topological polar surface area (TPSA) is 122 Å². The Morgan fingerprint density at radius 2 is 1.70 bits per heavy atom. The summed E-state index contributed by atoms with van der Waals surface area (Å²) in [6.07, 6.45) is 1.98. The second kappa shape index (κ2) is 15.9. The van der Waals surface area contributed by atoms with E-state index in [1.54, 1.807) is 49.2 Å². The van der Waals surface area contributed by atoms with Gasteiger partial charge in [-0.1, -0.05) is 94.5 Å². The van der Waals surface area contributed by atoms with Gasteiger partial charge in [0.05, 0.1) is 18.7 Å². The number of hydrogen-bond acceptors (Lipinski definition) is 7. The number of likely N-dealkylation sites (N-methyl/N-ethyl adjacent to an activating group) is 1. The van der Waals surface area contributed by atoms with Gasteiger partial charge in [-0.25, -0.2) is 12.7 Å². The van der Waals surface area contributed by atoms with E-state index in [4.69, 9.17) is 9.26 Å². The fraction of sp³-hybridized carbons (Fsp3) is 0.500. The molecule has 1 heterocycles. The van der Waals surface area contributed by atoms with Crippen molar-refractivity contribution in [2.45, 2.75) is 96.7 Å². The molecule has 46 heavy (non-hydrogen) atoms. The maximum absolute atomic E-state index is 14.3. The molecule has 12 heteroatoms. The normalized spacial score (nSPS) is 13.3. The summed E-state index contributed by atoms with van der Waals surface area (Å²) < 4.78 is 41.2. The fourth-order valence-corrected chi connectivity index (χ4v) is 7.00. The molecular weight excluding hydrogens is 621 g/mol. The molecule has 0 bridgehead atoms. The van der Waals surface area contributed by atoms with Gasteiger partial charge in [0.1, 0.15) is 12.8 Å². The van der Waals surface area contributed by atoms with Crippen LogP contribution >= 0.6 is 0 Å². The van der Waals surface area contributed by atoms with Gasteiger partial charge in [0, 0.05) is 37.4 Å². The Morgan fingerprint density at radius 1 is 1.04 bits per heavy atom. The van der Waals surface area contributed by atoms with E-state index in [9.17, 15) is 18.0 Å². The van der Waals surface area contributed by atoms with Crippen molar-refractivity contribution in [3.63, 3.8) is 0 Å². The number of carbonyl (C=O) groups excluding carboxylic acids is 2. The van der Waals surface area contributed by atoms with E-state index in [1.807, 2.05) is 52.0 Å². The molecule has 0 saturated carbocycles. The molecule has 2 amide bonds. The molecule has 0 aliphatic rings. The number of nitrogens with one attached hydrogen (secondary N) is 1. The van der Waals surface area contributed by atoms with E-state index in [1.165, 1.54) is 0 Å². The highest BCUT2D eigenvalue weighted by Gasteiger charge is 2.34. The van der Waals surface area contributed by atoms with Crippen LogP contribution in [0.3, 0.4) is 0 Å². The molecule has 0 saturated heterocycles. The average Bonchev–Trinajstić information content (AvgIpc) is 3.44. The van der Waals surface area contributed by atoms with Crippen molar-refractivity contribution < 1.29 is 27.3 Å². The smallest absolute Gasteiger partial charge is 0.269 e. The van der Waals surface area contributed by atoms with Gasteiger partial charge < -0.3 is 19.5 Å². The Kier molecular flexibility index (Phi) is 12.8. The van der Waals surface area contributed by atoms with Crippen LogP contribution in [0.1, 0.15) is 58.2 Å². The maximum Gasteiger partial charge on any atom is 0.269 e. The van der Waals surface area contributed by atoms with E-state index in [0.29, 0.717) is 23.2 Å². The van der Waals surface area contributed by atoms with Crippen molar-refractivity contribution in [3.8, 4) is 11.1 Å². The van der Waals surface area contributed by atoms with Gasteiger partial charge in [-0.15, -0.1) is 0 Å². The van der Waals surface area contributed by atoms with Crippen LogP contribution in [0.25, 0.3) is 11.1 Å². The third kappa shape index (κ3) is 9.07. The SMILES string of the molecule is CCCCC(=O)N(Cc1ccc(-c2ccccc2S(=O)(=O)N(COC(C)[Si](C)(C)C)c2cc(C)no2)cc1)C(C(=O)NC)C(C)C. The lowest BCUT2D eigenvalue weighted by Crippen LogP contribution is -2.51. The number of sulfonamides is 1. The number of aryl methyl sites for hydroxylation is 1. The van der Waals surface area contributed by atoms with Gasteiger partial charge in [-0.2, -0.15) is 0 Å². The van der Waals surface area contributed by atoms with Crippen LogP contribution in [-0.4, -0.2) is 63.9 Å². The second-order valence-electron chi connectivity index (χ2n) is 13.1. The van der Waals surface area contributed by atoms with Gasteiger partial charge in [-0.3, -0.25) is 9.59 Å². The summed E-state index contributed by atoms with van der Waals surface area (Å²) >= 11 is 0. The lowest BCUT2D eigenvalue weighted by molar-refractivity contribution is -0.142. The summed E-state index contributed by atoms with van der Waals surface area (Å²) in [5.74, 6) is -0.284. The van der Waals surface area contributed by atoms with Gasteiger partial charge in [0.15, 0.2) is 0 Å². The second-order valence-corrected chi connectivity index (χ2v) is 20.5. The van der Waals surface area contributed by atoms with Crippen molar-refractivity contribution in [1.82, 2.24) is 15.4 Å². The Balaban J connectivity index is 1.99. The minimum atomic E-state index is -4.15. The van der Waals surface area contributed by atoms with Crippen LogP contribution < -0.4 is 9.62 Å². The Morgan fingerprint density at radius 3 is 2.24 bits per heavy atom. The minimum Gasteiger partial charge on any atom is -0.360 e. The minimum absolute atomic E-state index is 0.0712. The van der Waals surface area contributed by atoms with E-state index in [0.717, 1.165) is 22.7 Å². The van der Waals surface area contributed by atoms with Crippen molar-refractivity contribution in [2.24, 2.45) is 5.92 Å². The predicted octanol–water partition coefficient (Wildman–Crippen LogP) is 6.37. The fourth-order valence-electron chi connectivity index (χ4n) is 4.95. The molecule has 10 nitrogen and oxygen atoms in total. The molecular formula is C34H50N4O6SSi. The summed E-state index contributed by atoms with van der Waals surface area (Å²) in [4.78, 5) is 27.9. The summed E-state index contributed by atoms with van der Waals surface area (Å²) in [5.41, 5.74) is 2.47. The number of amides is 2. The molecule has 2 aromatic carbocycles.